The number of amides is 1. The van der Waals surface area contributed by atoms with E-state index in [0.29, 0.717) is 29.9 Å². The van der Waals surface area contributed by atoms with Gasteiger partial charge in [0.05, 0.1) is 11.6 Å². The fourth-order valence-electron chi connectivity index (χ4n) is 2.77. The smallest absolute Gasteiger partial charge is 0.271 e. The SMILES string of the molecule is C=CCN(Cc1ccc(C#N)cc1)C(=O)c1ccc(NS(=O)(=O)c2cccs2)cc1. The highest BCUT2D eigenvalue weighted by Gasteiger charge is 2.17. The van der Waals surface area contributed by atoms with Gasteiger partial charge in [-0.15, -0.1) is 17.9 Å². The van der Waals surface area contributed by atoms with Crippen molar-refractivity contribution in [1.29, 1.82) is 5.26 Å². The molecule has 0 radical (unpaired) electrons. The number of nitrogens with zero attached hydrogens (tertiary/aromatic N) is 2. The molecule has 0 aliphatic carbocycles. The van der Waals surface area contributed by atoms with E-state index in [1.54, 1.807) is 58.8 Å². The standard InChI is InChI=1S/C22H19N3O3S2/c1-2-13-25(16-18-7-5-17(15-23)6-8-18)22(26)19-9-11-20(12-10-19)24-30(27,28)21-4-3-14-29-21/h2-12,14,24H,1,13,16H2. The Labute approximate surface area is 179 Å². The van der Waals surface area contributed by atoms with E-state index >= 15 is 0 Å². The van der Waals surface area contributed by atoms with E-state index in [1.165, 1.54) is 6.07 Å². The van der Waals surface area contributed by atoms with E-state index in [0.717, 1.165) is 16.9 Å². The van der Waals surface area contributed by atoms with Crippen LogP contribution in [-0.2, 0) is 16.6 Å². The van der Waals surface area contributed by atoms with Crippen molar-refractivity contribution in [3.63, 3.8) is 0 Å². The van der Waals surface area contributed by atoms with Gasteiger partial charge in [-0.25, -0.2) is 8.42 Å². The molecule has 30 heavy (non-hydrogen) atoms. The fraction of sp³-hybridized carbons (Fsp3) is 0.0909. The molecule has 1 aromatic heterocycles. The van der Waals surface area contributed by atoms with Gasteiger partial charge in [0.25, 0.3) is 15.9 Å². The molecule has 0 atom stereocenters. The normalized spacial score (nSPS) is 10.8. The van der Waals surface area contributed by atoms with Crippen LogP contribution in [0.15, 0.2) is 82.9 Å². The van der Waals surface area contributed by atoms with E-state index in [1.807, 2.05) is 12.1 Å². The van der Waals surface area contributed by atoms with Crippen LogP contribution in [0.3, 0.4) is 0 Å². The summed E-state index contributed by atoms with van der Waals surface area (Å²) in [4.78, 5) is 14.6. The first kappa shape index (κ1) is 21.3. The van der Waals surface area contributed by atoms with Crippen molar-refractivity contribution in [3.05, 3.63) is 95.4 Å². The number of hydrogen-bond donors (Lipinski definition) is 1. The third-order valence-corrected chi connectivity index (χ3v) is 7.02. The lowest BCUT2D eigenvalue weighted by atomic mass is 10.1. The van der Waals surface area contributed by atoms with Crippen LogP contribution in [0.25, 0.3) is 0 Å². The number of carbonyl (C=O) groups excluding carboxylic acids is 1. The second-order valence-corrected chi connectivity index (χ2v) is 9.25. The molecule has 2 aromatic carbocycles. The minimum Gasteiger partial charge on any atom is -0.331 e. The first-order valence-electron chi connectivity index (χ1n) is 8.98. The molecule has 152 valence electrons. The van der Waals surface area contributed by atoms with Gasteiger partial charge in [0.15, 0.2) is 0 Å². The Kier molecular flexibility index (Phi) is 6.67. The minimum atomic E-state index is -3.64. The largest absolute Gasteiger partial charge is 0.331 e. The fourth-order valence-corrected chi connectivity index (χ4v) is 4.82. The van der Waals surface area contributed by atoms with E-state index < -0.39 is 10.0 Å². The van der Waals surface area contributed by atoms with E-state index in [4.69, 9.17) is 5.26 Å². The van der Waals surface area contributed by atoms with Crippen LogP contribution in [-0.4, -0.2) is 25.8 Å². The molecule has 1 N–H and O–H groups in total. The summed E-state index contributed by atoms with van der Waals surface area (Å²) in [6.45, 7) is 4.43. The number of anilines is 1. The number of hydrogen-bond acceptors (Lipinski definition) is 5. The number of sulfonamides is 1. The van der Waals surface area contributed by atoms with Crippen LogP contribution in [0, 0.1) is 11.3 Å². The molecular formula is C22H19N3O3S2. The third-order valence-electron chi connectivity index (χ3n) is 4.24. The lowest BCUT2D eigenvalue weighted by Gasteiger charge is -2.21. The zero-order valence-corrected chi connectivity index (χ0v) is 17.6. The van der Waals surface area contributed by atoms with Crippen molar-refractivity contribution in [3.8, 4) is 6.07 Å². The van der Waals surface area contributed by atoms with Crippen molar-refractivity contribution >= 4 is 33.0 Å². The monoisotopic (exact) mass is 437 g/mol. The molecule has 0 fully saturated rings. The highest BCUT2D eigenvalue weighted by molar-refractivity contribution is 7.94. The Morgan fingerprint density at radius 2 is 1.83 bits per heavy atom. The summed E-state index contributed by atoms with van der Waals surface area (Å²) in [6.07, 6.45) is 1.64. The summed E-state index contributed by atoms with van der Waals surface area (Å²) in [5.74, 6) is -0.202. The topological polar surface area (TPSA) is 90.3 Å². The maximum Gasteiger partial charge on any atom is 0.271 e. The Bertz CT molecular complexity index is 1160. The first-order valence-corrected chi connectivity index (χ1v) is 11.3. The molecule has 0 unspecified atom stereocenters. The molecule has 6 nitrogen and oxygen atoms in total. The van der Waals surface area contributed by atoms with Gasteiger partial charge in [0, 0.05) is 24.3 Å². The highest BCUT2D eigenvalue weighted by Crippen LogP contribution is 2.21. The molecule has 3 aromatic rings. The number of thiophene rings is 1. The summed E-state index contributed by atoms with van der Waals surface area (Å²) < 4.78 is 27.4. The van der Waals surface area contributed by atoms with Gasteiger partial charge in [0.2, 0.25) is 0 Å². The zero-order valence-electron chi connectivity index (χ0n) is 16.0. The number of nitriles is 1. The number of benzene rings is 2. The van der Waals surface area contributed by atoms with Gasteiger partial charge in [-0.05, 0) is 53.4 Å². The quantitative estimate of drug-likeness (QED) is 0.534. The molecule has 0 aliphatic heterocycles. The summed E-state index contributed by atoms with van der Waals surface area (Å²) in [5, 5.41) is 10.6. The third kappa shape index (κ3) is 5.14. The maximum absolute atomic E-state index is 12.9. The average Bonchev–Trinajstić information content (AvgIpc) is 3.30. The molecular weight excluding hydrogens is 418 g/mol. The summed E-state index contributed by atoms with van der Waals surface area (Å²) in [6, 6.07) is 18.6. The Morgan fingerprint density at radius 1 is 1.13 bits per heavy atom. The minimum absolute atomic E-state index is 0.202. The van der Waals surface area contributed by atoms with Crippen LogP contribution in [0.4, 0.5) is 5.69 Å². The van der Waals surface area contributed by atoms with Crippen LogP contribution < -0.4 is 4.72 Å². The average molecular weight is 438 g/mol. The van der Waals surface area contributed by atoms with Crippen molar-refractivity contribution in [2.75, 3.05) is 11.3 Å². The molecule has 0 spiro atoms. The van der Waals surface area contributed by atoms with Crippen LogP contribution >= 0.6 is 11.3 Å². The summed E-state index contributed by atoms with van der Waals surface area (Å²) in [7, 11) is -3.64. The van der Waals surface area contributed by atoms with Gasteiger partial charge in [-0.1, -0.05) is 24.3 Å². The predicted octanol–water partition coefficient (Wildman–Crippen LogP) is 4.25. The molecule has 0 saturated carbocycles. The van der Waals surface area contributed by atoms with E-state index in [-0.39, 0.29) is 10.1 Å². The molecule has 1 heterocycles. The van der Waals surface area contributed by atoms with Crippen molar-refractivity contribution in [2.24, 2.45) is 0 Å². The van der Waals surface area contributed by atoms with Crippen LogP contribution in [0.1, 0.15) is 21.5 Å². The van der Waals surface area contributed by atoms with Gasteiger partial charge >= 0.3 is 0 Å². The molecule has 0 bridgehead atoms. The van der Waals surface area contributed by atoms with Gasteiger partial charge in [0.1, 0.15) is 4.21 Å². The second kappa shape index (κ2) is 9.39. The van der Waals surface area contributed by atoms with Crippen LogP contribution in [0.2, 0.25) is 0 Å². The second-order valence-electron chi connectivity index (χ2n) is 6.40. The Morgan fingerprint density at radius 3 is 2.40 bits per heavy atom. The lowest BCUT2D eigenvalue weighted by molar-refractivity contribution is 0.0762. The maximum atomic E-state index is 12.9. The van der Waals surface area contributed by atoms with Crippen molar-refractivity contribution in [1.82, 2.24) is 4.90 Å². The van der Waals surface area contributed by atoms with Gasteiger partial charge in [-0.2, -0.15) is 5.26 Å². The highest BCUT2D eigenvalue weighted by atomic mass is 32.2. The zero-order chi connectivity index (χ0) is 21.6. The van der Waals surface area contributed by atoms with Gasteiger partial charge < -0.3 is 4.90 Å². The number of nitrogens with one attached hydrogen (secondary N) is 1. The van der Waals surface area contributed by atoms with Gasteiger partial charge in [-0.3, -0.25) is 9.52 Å². The molecule has 8 heteroatoms. The molecule has 0 saturated heterocycles. The van der Waals surface area contributed by atoms with E-state index in [9.17, 15) is 13.2 Å². The molecule has 0 aliphatic rings. The number of carbonyl (C=O) groups is 1. The Balaban J connectivity index is 1.73. The van der Waals surface area contributed by atoms with Crippen molar-refractivity contribution in [2.45, 2.75) is 10.8 Å². The first-order chi connectivity index (χ1) is 14.4. The molecule has 1 amide bonds. The predicted molar refractivity (Wildman–Crippen MR) is 118 cm³/mol. The summed E-state index contributed by atoms with van der Waals surface area (Å²) in [5.41, 5.74) is 2.26. The number of rotatable bonds is 8. The van der Waals surface area contributed by atoms with E-state index in [2.05, 4.69) is 17.4 Å². The molecule has 3 rings (SSSR count). The summed E-state index contributed by atoms with van der Waals surface area (Å²) >= 11 is 1.13. The Hall–Kier alpha value is -3.41. The van der Waals surface area contributed by atoms with Crippen LogP contribution in [0.5, 0.6) is 0 Å². The lowest BCUT2D eigenvalue weighted by Crippen LogP contribution is -2.30. The van der Waals surface area contributed by atoms with Crippen molar-refractivity contribution < 1.29 is 13.2 Å².